The minimum atomic E-state index is -0.911. The molecule has 0 bridgehead atoms. The van der Waals surface area contributed by atoms with Gasteiger partial charge >= 0.3 is 0 Å². The van der Waals surface area contributed by atoms with Gasteiger partial charge in [0.05, 0.1) is 17.7 Å². The molecule has 1 amide bonds. The Balaban J connectivity index is 2.07. The van der Waals surface area contributed by atoms with E-state index in [0.29, 0.717) is 16.8 Å². The van der Waals surface area contributed by atoms with Crippen molar-refractivity contribution >= 4 is 5.91 Å². The first-order valence-corrected chi connectivity index (χ1v) is 6.65. The fourth-order valence-electron chi connectivity index (χ4n) is 2.04. The zero-order valence-corrected chi connectivity index (χ0v) is 11.9. The fourth-order valence-corrected chi connectivity index (χ4v) is 2.04. The quantitative estimate of drug-likeness (QED) is 0.908. The van der Waals surface area contributed by atoms with E-state index in [1.54, 1.807) is 32.2 Å². The number of carbonyl (C=O) groups excluding carboxylic acids is 1. The van der Waals surface area contributed by atoms with Crippen molar-refractivity contribution in [2.75, 3.05) is 0 Å². The summed E-state index contributed by atoms with van der Waals surface area (Å²) in [5, 5.41) is 12.9. The van der Waals surface area contributed by atoms with E-state index in [9.17, 15) is 14.3 Å². The minimum Gasteiger partial charge on any atom is -0.386 e. The molecule has 5 heteroatoms. The zero-order chi connectivity index (χ0) is 15.4. The number of nitrogens with zero attached hydrogens (tertiary/aromatic N) is 1. The molecule has 0 spiro atoms. The average Bonchev–Trinajstić information content (AvgIpc) is 2.47. The first-order chi connectivity index (χ1) is 9.99. The molecule has 1 aromatic carbocycles. The summed E-state index contributed by atoms with van der Waals surface area (Å²) in [5.74, 6) is -0.664. The number of hydrogen-bond acceptors (Lipinski definition) is 3. The van der Waals surface area contributed by atoms with Crippen LogP contribution < -0.4 is 5.32 Å². The Kier molecular flexibility index (Phi) is 4.65. The monoisotopic (exact) mass is 288 g/mol. The molecule has 0 fully saturated rings. The van der Waals surface area contributed by atoms with Gasteiger partial charge in [0.15, 0.2) is 0 Å². The van der Waals surface area contributed by atoms with Crippen molar-refractivity contribution in [1.29, 1.82) is 0 Å². The molecule has 0 aliphatic rings. The third-order valence-electron chi connectivity index (χ3n) is 3.30. The zero-order valence-electron chi connectivity index (χ0n) is 11.9. The Morgan fingerprint density at radius 2 is 1.95 bits per heavy atom. The molecule has 0 saturated heterocycles. The van der Waals surface area contributed by atoms with Crippen LogP contribution in [0.3, 0.4) is 0 Å². The lowest BCUT2D eigenvalue weighted by Gasteiger charge is -2.21. The first-order valence-electron chi connectivity index (χ1n) is 6.65. The summed E-state index contributed by atoms with van der Waals surface area (Å²) in [6.07, 6.45) is 0.703. The number of benzene rings is 1. The molecular weight excluding hydrogens is 271 g/mol. The third kappa shape index (κ3) is 3.64. The first kappa shape index (κ1) is 15.1. The smallest absolute Gasteiger partial charge is 0.253 e. The second-order valence-electron chi connectivity index (χ2n) is 4.89. The summed E-state index contributed by atoms with van der Waals surface area (Å²) in [6.45, 7) is 3.44. The van der Waals surface area contributed by atoms with Crippen molar-refractivity contribution < 1.29 is 14.3 Å². The Morgan fingerprint density at radius 1 is 1.29 bits per heavy atom. The van der Waals surface area contributed by atoms with Crippen LogP contribution in [0.4, 0.5) is 4.39 Å². The highest BCUT2D eigenvalue weighted by atomic mass is 19.1. The van der Waals surface area contributed by atoms with Crippen LogP contribution in [0.15, 0.2) is 42.6 Å². The second-order valence-corrected chi connectivity index (χ2v) is 4.89. The molecule has 2 aromatic rings. The normalized spacial score (nSPS) is 13.5. The van der Waals surface area contributed by atoms with Crippen LogP contribution in [-0.4, -0.2) is 22.0 Å². The predicted octanol–water partition coefficient (Wildman–Crippen LogP) is 2.38. The summed E-state index contributed by atoms with van der Waals surface area (Å²) < 4.78 is 12.9. The van der Waals surface area contributed by atoms with E-state index in [0.717, 1.165) is 0 Å². The number of hydrogen-bond donors (Lipinski definition) is 2. The van der Waals surface area contributed by atoms with E-state index >= 15 is 0 Å². The van der Waals surface area contributed by atoms with Crippen LogP contribution >= 0.6 is 0 Å². The van der Waals surface area contributed by atoms with Crippen LogP contribution in [0.25, 0.3) is 0 Å². The Hall–Kier alpha value is -2.27. The molecule has 0 radical (unpaired) electrons. The molecule has 2 unspecified atom stereocenters. The average molecular weight is 288 g/mol. The molecule has 2 N–H and O–H groups in total. The van der Waals surface area contributed by atoms with Crippen molar-refractivity contribution in [1.82, 2.24) is 10.3 Å². The molecule has 0 aliphatic heterocycles. The van der Waals surface area contributed by atoms with Crippen molar-refractivity contribution in [3.05, 3.63) is 65.2 Å². The Labute approximate surface area is 122 Å². The number of aliphatic hydroxyl groups is 1. The maximum atomic E-state index is 12.9. The van der Waals surface area contributed by atoms with E-state index in [2.05, 4.69) is 10.3 Å². The molecule has 21 heavy (non-hydrogen) atoms. The third-order valence-corrected chi connectivity index (χ3v) is 3.30. The number of rotatable bonds is 4. The molecule has 1 heterocycles. The summed E-state index contributed by atoms with van der Waals surface area (Å²) in [4.78, 5) is 16.2. The Morgan fingerprint density at radius 3 is 2.57 bits per heavy atom. The van der Waals surface area contributed by atoms with Crippen molar-refractivity contribution in [2.45, 2.75) is 26.0 Å². The van der Waals surface area contributed by atoms with Crippen molar-refractivity contribution in [2.24, 2.45) is 0 Å². The van der Waals surface area contributed by atoms with Crippen molar-refractivity contribution in [3.63, 3.8) is 0 Å². The molecular formula is C16H17FN2O2. The highest BCUT2D eigenvalue weighted by Gasteiger charge is 2.20. The fraction of sp³-hybridized carbons (Fsp3) is 0.250. The van der Waals surface area contributed by atoms with Gasteiger partial charge < -0.3 is 10.4 Å². The number of amides is 1. The molecule has 0 saturated carbocycles. The minimum absolute atomic E-state index is 0.297. The van der Waals surface area contributed by atoms with E-state index < -0.39 is 12.1 Å². The van der Waals surface area contributed by atoms with Gasteiger partial charge in [0, 0.05) is 11.9 Å². The lowest BCUT2D eigenvalue weighted by atomic mass is 10.0. The molecule has 1 aromatic heterocycles. The highest BCUT2D eigenvalue weighted by Crippen LogP contribution is 2.17. The van der Waals surface area contributed by atoms with Gasteiger partial charge in [0.2, 0.25) is 0 Å². The van der Waals surface area contributed by atoms with Crippen molar-refractivity contribution in [3.8, 4) is 0 Å². The van der Waals surface area contributed by atoms with Gasteiger partial charge in [-0.2, -0.15) is 0 Å². The second kappa shape index (κ2) is 6.45. The van der Waals surface area contributed by atoms with Gasteiger partial charge in [-0.1, -0.05) is 12.1 Å². The van der Waals surface area contributed by atoms with Gasteiger partial charge in [-0.25, -0.2) is 4.39 Å². The van der Waals surface area contributed by atoms with E-state index in [1.165, 1.54) is 24.3 Å². The highest BCUT2D eigenvalue weighted by molar-refractivity contribution is 5.95. The lowest BCUT2D eigenvalue weighted by molar-refractivity contribution is 0.0851. The maximum absolute atomic E-state index is 12.9. The van der Waals surface area contributed by atoms with E-state index in [4.69, 9.17) is 0 Å². The SMILES string of the molecule is Cc1ncccc1C(=O)NC(C)C(O)c1ccc(F)cc1. The summed E-state index contributed by atoms with van der Waals surface area (Å²) in [5.41, 5.74) is 1.64. The van der Waals surface area contributed by atoms with Crippen LogP contribution in [0.5, 0.6) is 0 Å². The van der Waals surface area contributed by atoms with Crippen LogP contribution in [0.2, 0.25) is 0 Å². The summed E-state index contributed by atoms with van der Waals surface area (Å²) >= 11 is 0. The number of nitrogens with one attached hydrogen (secondary N) is 1. The summed E-state index contributed by atoms with van der Waals surface area (Å²) in [6, 6.07) is 8.40. The van der Waals surface area contributed by atoms with E-state index in [-0.39, 0.29) is 11.7 Å². The lowest BCUT2D eigenvalue weighted by Crippen LogP contribution is -2.37. The molecule has 110 valence electrons. The van der Waals surface area contributed by atoms with E-state index in [1.807, 2.05) is 0 Å². The van der Waals surface area contributed by atoms with Crippen LogP contribution in [0.1, 0.15) is 34.6 Å². The number of halogens is 1. The van der Waals surface area contributed by atoms with Gasteiger partial charge in [0.1, 0.15) is 5.82 Å². The van der Waals surface area contributed by atoms with Gasteiger partial charge in [-0.3, -0.25) is 9.78 Å². The van der Waals surface area contributed by atoms with Crippen LogP contribution in [0, 0.1) is 12.7 Å². The largest absolute Gasteiger partial charge is 0.386 e. The summed E-state index contributed by atoms with van der Waals surface area (Å²) in [7, 11) is 0. The number of aromatic nitrogens is 1. The molecule has 4 nitrogen and oxygen atoms in total. The number of aryl methyl sites for hydroxylation is 1. The molecule has 0 aliphatic carbocycles. The predicted molar refractivity (Wildman–Crippen MR) is 77.3 cm³/mol. The van der Waals surface area contributed by atoms with Gasteiger partial charge in [-0.05, 0) is 43.7 Å². The topological polar surface area (TPSA) is 62.2 Å². The molecule has 2 rings (SSSR count). The Bertz CT molecular complexity index is 628. The number of aliphatic hydroxyl groups excluding tert-OH is 1. The maximum Gasteiger partial charge on any atom is 0.253 e. The number of carbonyl (C=O) groups is 1. The number of pyridine rings is 1. The standard InChI is InChI=1S/C16H17FN2O2/c1-10-14(4-3-9-18-10)16(21)19-11(2)15(20)12-5-7-13(17)8-6-12/h3-9,11,15,20H,1-2H3,(H,19,21). The van der Waals surface area contributed by atoms with Gasteiger partial charge in [-0.15, -0.1) is 0 Å². The van der Waals surface area contributed by atoms with Gasteiger partial charge in [0.25, 0.3) is 5.91 Å². The molecule has 2 atom stereocenters. The van der Waals surface area contributed by atoms with Crippen LogP contribution in [-0.2, 0) is 0 Å².